The summed E-state index contributed by atoms with van der Waals surface area (Å²) in [6, 6.07) is 36.9. The number of nitrogens with one attached hydrogen (secondary N) is 2. The van der Waals surface area contributed by atoms with Gasteiger partial charge in [0.2, 0.25) is 0 Å². The molecule has 7 nitrogen and oxygen atoms in total. The molecule has 2 N–H and O–H groups in total. The van der Waals surface area contributed by atoms with Gasteiger partial charge in [-0.15, -0.1) is 0 Å². The van der Waals surface area contributed by atoms with Crippen molar-refractivity contribution >= 4 is 34.6 Å². The van der Waals surface area contributed by atoms with Gasteiger partial charge < -0.3 is 24.8 Å². The van der Waals surface area contributed by atoms with Crippen LogP contribution in [0.3, 0.4) is 0 Å². The zero-order valence-electron chi connectivity index (χ0n) is 21.6. The van der Waals surface area contributed by atoms with Crippen molar-refractivity contribution in [3.63, 3.8) is 0 Å². The minimum Gasteiger partial charge on any atom is -0.484 e. The fourth-order valence-electron chi connectivity index (χ4n) is 4.96. The molecule has 40 heavy (non-hydrogen) atoms. The molecule has 0 bridgehead atoms. The minimum atomic E-state index is -0.233. The van der Waals surface area contributed by atoms with E-state index >= 15 is 0 Å². The van der Waals surface area contributed by atoms with Gasteiger partial charge in [0.15, 0.2) is 11.7 Å². The van der Waals surface area contributed by atoms with Gasteiger partial charge in [0.1, 0.15) is 11.8 Å². The molecule has 198 valence electrons. The molecule has 3 heterocycles. The Morgan fingerprint density at radius 1 is 0.850 bits per heavy atom. The summed E-state index contributed by atoms with van der Waals surface area (Å²) in [5.74, 6) is 0.417. The standard InChI is InChI=1S/C32H27N5O2S/c38-29(22-39-26-12-5-2-6-13-26)34-23-16-18-25(19-17-23)37-31(30(35-32(37)40)27-14-7-8-20-33-27)28-15-9-21-36(28)24-10-3-1-4-11-24/h1-21,30-31H,22H2,(H,34,38)(H,35,40)/t30-,31-/m1/s1. The quantitative estimate of drug-likeness (QED) is 0.231. The van der Waals surface area contributed by atoms with Crippen LogP contribution in [0, 0.1) is 0 Å². The second-order valence-electron chi connectivity index (χ2n) is 9.33. The molecule has 1 fully saturated rings. The Balaban J connectivity index is 1.27. The van der Waals surface area contributed by atoms with Crippen LogP contribution in [0.5, 0.6) is 5.75 Å². The molecule has 1 amide bonds. The molecule has 6 rings (SSSR count). The molecule has 1 aliphatic heterocycles. The van der Waals surface area contributed by atoms with Crippen LogP contribution in [-0.4, -0.2) is 27.2 Å². The number of carbonyl (C=O) groups excluding carboxylic acids is 1. The van der Waals surface area contributed by atoms with Crippen LogP contribution in [0.15, 0.2) is 128 Å². The van der Waals surface area contributed by atoms with Crippen molar-refractivity contribution in [2.45, 2.75) is 12.1 Å². The van der Waals surface area contributed by atoms with Gasteiger partial charge in [0.05, 0.1) is 11.7 Å². The van der Waals surface area contributed by atoms with Crippen LogP contribution < -0.4 is 20.3 Å². The first-order chi connectivity index (χ1) is 19.7. The fraction of sp³-hybridized carbons (Fsp3) is 0.0938. The molecule has 1 aliphatic rings. The third-order valence-electron chi connectivity index (χ3n) is 6.76. The van der Waals surface area contributed by atoms with Crippen molar-refractivity contribution in [1.29, 1.82) is 0 Å². The topological polar surface area (TPSA) is 71.4 Å². The van der Waals surface area contributed by atoms with Gasteiger partial charge in [0, 0.05) is 35.1 Å². The number of thiocarbonyl (C=S) groups is 1. The lowest BCUT2D eigenvalue weighted by atomic mass is 10.0. The summed E-state index contributed by atoms with van der Waals surface area (Å²) in [5, 5.41) is 7.02. The molecule has 5 aromatic rings. The van der Waals surface area contributed by atoms with Crippen molar-refractivity contribution in [2.24, 2.45) is 0 Å². The van der Waals surface area contributed by atoms with Crippen molar-refractivity contribution in [1.82, 2.24) is 14.9 Å². The maximum Gasteiger partial charge on any atom is 0.262 e. The Hall–Kier alpha value is -4.95. The lowest BCUT2D eigenvalue weighted by molar-refractivity contribution is -0.118. The summed E-state index contributed by atoms with van der Waals surface area (Å²) in [4.78, 5) is 19.2. The van der Waals surface area contributed by atoms with Gasteiger partial charge >= 0.3 is 0 Å². The predicted molar refractivity (Wildman–Crippen MR) is 161 cm³/mol. The summed E-state index contributed by atoms with van der Waals surface area (Å²) in [5.41, 5.74) is 4.62. The molecule has 0 aliphatic carbocycles. The van der Waals surface area contributed by atoms with Crippen molar-refractivity contribution in [2.75, 3.05) is 16.8 Å². The van der Waals surface area contributed by atoms with Crippen LogP contribution in [0.1, 0.15) is 23.5 Å². The number of anilines is 2. The highest BCUT2D eigenvalue weighted by atomic mass is 32.1. The molecular formula is C32H27N5O2S. The third kappa shape index (κ3) is 5.30. The summed E-state index contributed by atoms with van der Waals surface area (Å²) in [6.45, 7) is -0.0732. The zero-order valence-corrected chi connectivity index (χ0v) is 22.4. The number of hydrogen-bond donors (Lipinski definition) is 2. The van der Waals surface area contributed by atoms with E-state index in [0.717, 1.165) is 22.8 Å². The van der Waals surface area contributed by atoms with Gasteiger partial charge in [-0.1, -0.05) is 42.5 Å². The summed E-state index contributed by atoms with van der Waals surface area (Å²) in [7, 11) is 0. The maximum atomic E-state index is 12.5. The molecule has 2 atom stereocenters. The number of para-hydroxylation sites is 2. The SMILES string of the molecule is O=C(COc1ccccc1)Nc1ccc(N2C(=S)N[C@H](c3ccccn3)[C@H]2c2cccn2-c2ccccc2)cc1. The van der Waals surface area contributed by atoms with E-state index in [0.29, 0.717) is 16.5 Å². The fourth-order valence-corrected chi connectivity index (χ4v) is 5.31. The van der Waals surface area contributed by atoms with E-state index < -0.39 is 0 Å². The summed E-state index contributed by atoms with van der Waals surface area (Å²) in [6.07, 6.45) is 3.87. The third-order valence-corrected chi connectivity index (χ3v) is 7.07. The number of rotatable bonds is 8. The number of hydrogen-bond acceptors (Lipinski definition) is 4. The Labute approximate surface area is 238 Å². The maximum absolute atomic E-state index is 12.5. The van der Waals surface area contributed by atoms with E-state index in [4.69, 9.17) is 17.0 Å². The van der Waals surface area contributed by atoms with E-state index in [2.05, 4.69) is 49.5 Å². The number of nitrogens with zero attached hydrogens (tertiary/aromatic N) is 3. The first-order valence-corrected chi connectivity index (χ1v) is 13.4. The van der Waals surface area contributed by atoms with Gasteiger partial charge in [-0.05, 0) is 85.0 Å². The molecule has 0 saturated carbocycles. The Morgan fingerprint density at radius 2 is 1.57 bits per heavy atom. The van der Waals surface area contributed by atoms with E-state index in [1.165, 1.54) is 0 Å². The number of ether oxygens (including phenoxy) is 1. The van der Waals surface area contributed by atoms with Crippen LogP contribution >= 0.6 is 12.2 Å². The van der Waals surface area contributed by atoms with Crippen LogP contribution in [-0.2, 0) is 4.79 Å². The average Bonchev–Trinajstić information content (AvgIpc) is 3.62. The molecule has 3 aromatic carbocycles. The first-order valence-electron chi connectivity index (χ1n) is 13.0. The van der Waals surface area contributed by atoms with Gasteiger partial charge in [-0.25, -0.2) is 0 Å². The van der Waals surface area contributed by atoms with E-state index in [-0.39, 0.29) is 24.6 Å². The molecule has 2 aromatic heterocycles. The van der Waals surface area contributed by atoms with Gasteiger partial charge in [-0.2, -0.15) is 0 Å². The van der Waals surface area contributed by atoms with Crippen LogP contribution in [0.4, 0.5) is 11.4 Å². The van der Waals surface area contributed by atoms with Crippen molar-refractivity contribution < 1.29 is 9.53 Å². The van der Waals surface area contributed by atoms with Crippen molar-refractivity contribution in [3.8, 4) is 11.4 Å². The monoisotopic (exact) mass is 545 g/mol. The smallest absolute Gasteiger partial charge is 0.262 e. The van der Waals surface area contributed by atoms with Crippen LogP contribution in [0.25, 0.3) is 5.69 Å². The highest BCUT2D eigenvalue weighted by molar-refractivity contribution is 7.80. The average molecular weight is 546 g/mol. The predicted octanol–water partition coefficient (Wildman–Crippen LogP) is 6.07. The first kappa shape index (κ1) is 25.3. The second-order valence-corrected chi connectivity index (χ2v) is 9.72. The largest absolute Gasteiger partial charge is 0.484 e. The van der Waals surface area contributed by atoms with E-state index in [1.54, 1.807) is 6.20 Å². The number of pyridine rings is 1. The minimum absolute atomic E-state index is 0.0732. The number of amides is 1. The summed E-state index contributed by atoms with van der Waals surface area (Å²) >= 11 is 5.89. The molecule has 0 spiro atoms. The highest BCUT2D eigenvalue weighted by Crippen LogP contribution is 2.42. The molecule has 1 saturated heterocycles. The number of carbonyl (C=O) groups is 1. The lowest BCUT2D eigenvalue weighted by Gasteiger charge is -2.29. The van der Waals surface area contributed by atoms with Crippen molar-refractivity contribution in [3.05, 3.63) is 139 Å². The van der Waals surface area contributed by atoms with Crippen LogP contribution in [0.2, 0.25) is 0 Å². The highest BCUT2D eigenvalue weighted by Gasteiger charge is 2.42. The Morgan fingerprint density at radius 3 is 2.30 bits per heavy atom. The van der Waals surface area contributed by atoms with E-state index in [9.17, 15) is 4.79 Å². The Kier molecular flexibility index (Phi) is 7.24. The Bertz CT molecular complexity index is 1590. The van der Waals surface area contributed by atoms with E-state index in [1.807, 2.05) is 97.1 Å². The van der Waals surface area contributed by atoms with Gasteiger partial charge in [-0.3, -0.25) is 9.78 Å². The number of benzene rings is 3. The van der Waals surface area contributed by atoms with Gasteiger partial charge in [0.25, 0.3) is 5.91 Å². The lowest BCUT2D eigenvalue weighted by Crippen LogP contribution is -2.30. The molecular weight excluding hydrogens is 518 g/mol. The summed E-state index contributed by atoms with van der Waals surface area (Å²) < 4.78 is 7.75. The molecule has 0 unspecified atom stereocenters. The zero-order chi connectivity index (χ0) is 27.3. The normalized spacial score (nSPS) is 16.4. The second kappa shape index (κ2) is 11.4. The molecule has 0 radical (unpaired) electrons. The molecule has 8 heteroatoms. The number of aromatic nitrogens is 2.